The van der Waals surface area contributed by atoms with Gasteiger partial charge in [-0.25, -0.2) is 0 Å². The molecule has 0 aromatic carbocycles. The number of rotatable bonds is 5. The minimum atomic E-state index is 0.425. The number of aromatic nitrogens is 1. The molecule has 2 heterocycles. The highest BCUT2D eigenvalue weighted by molar-refractivity contribution is 5.07. The summed E-state index contributed by atoms with van der Waals surface area (Å²) in [6, 6.07) is 2.61. The minimum absolute atomic E-state index is 0.425. The molecule has 0 spiro atoms. The lowest BCUT2D eigenvalue weighted by Gasteiger charge is -2.22. The maximum absolute atomic E-state index is 5.71. The topological polar surface area (TPSA) is 37.0 Å². The van der Waals surface area contributed by atoms with Crippen LogP contribution < -0.4 is 5.32 Å². The van der Waals surface area contributed by atoms with E-state index in [2.05, 4.69) is 23.3 Å². The molecule has 2 unspecified atom stereocenters. The van der Waals surface area contributed by atoms with Crippen LogP contribution in [0.4, 0.5) is 0 Å². The van der Waals surface area contributed by atoms with Crippen LogP contribution in [0.5, 0.6) is 0 Å². The molecule has 1 fully saturated rings. The quantitative estimate of drug-likeness (QED) is 0.777. The van der Waals surface area contributed by atoms with Crippen LogP contribution >= 0.6 is 0 Å². The van der Waals surface area contributed by atoms with Crippen molar-refractivity contribution in [1.82, 2.24) is 10.3 Å². The van der Waals surface area contributed by atoms with Crippen LogP contribution in [0.2, 0.25) is 0 Å². The van der Waals surface area contributed by atoms with Gasteiger partial charge in [0.2, 0.25) is 0 Å². The van der Waals surface area contributed by atoms with Crippen LogP contribution in [0, 0.1) is 0 Å². The molecule has 1 aliphatic rings. The summed E-state index contributed by atoms with van der Waals surface area (Å²) < 4.78 is 5.71. The Bertz CT molecular complexity index is 265. The molecular formula is C12H20N2O. The minimum Gasteiger partial charge on any atom is -0.377 e. The fourth-order valence-corrected chi connectivity index (χ4v) is 2.18. The van der Waals surface area contributed by atoms with Crippen molar-refractivity contribution >= 4 is 0 Å². The average Bonchev–Trinajstić information content (AvgIpc) is 2.90. The van der Waals surface area contributed by atoms with Gasteiger partial charge in [-0.1, -0.05) is 6.92 Å². The summed E-state index contributed by atoms with van der Waals surface area (Å²) in [7, 11) is 0. The average molecular weight is 208 g/mol. The van der Waals surface area contributed by atoms with Crippen LogP contribution in [-0.4, -0.2) is 23.7 Å². The monoisotopic (exact) mass is 208 g/mol. The molecule has 2 N–H and O–H groups in total. The van der Waals surface area contributed by atoms with Gasteiger partial charge < -0.3 is 15.0 Å². The van der Waals surface area contributed by atoms with E-state index in [1.54, 1.807) is 0 Å². The van der Waals surface area contributed by atoms with Crippen molar-refractivity contribution < 1.29 is 4.74 Å². The van der Waals surface area contributed by atoms with Crippen LogP contribution in [0.15, 0.2) is 18.5 Å². The molecule has 3 nitrogen and oxygen atoms in total. The third kappa shape index (κ3) is 2.83. The molecule has 1 aromatic rings. The zero-order valence-electron chi connectivity index (χ0n) is 9.33. The molecule has 0 aliphatic carbocycles. The van der Waals surface area contributed by atoms with Crippen LogP contribution in [0.25, 0.3) is 0 Å². The molecule has 0 saturated carbocycles. The lowest BCUT2D eigenvalue weighted by molar-refractivity contribution is 0.0765. The molecule has 15 heavy (non-hydrogen) atoms. The largest absolute Gasteiger partial charge is 0.377 e. The predicted molar refractivity (Wildman–Crippen MR) is 60.7 cm³/mol. The molecule has 1 aromatic heterocycles. The lowest BCUT2D eigenvalue weighted by atomic mass is 10.1. The van der Waals surface area contributed by atoms with E-state index in [0.29, 0.717) is 12.1 Å². The second-order valence-electron chi connectivity index (χ2n) is 4.17. The van der Waals surface area contributed by atoms with Gasteiger partial charge in [-0.3, -0.25) is 0 Å². The number of hydrogen-bond acceptors (Lipinski definition) is 2. The van der Waals surface area contributed by atoms with E-state index >= 15 is 0 Å². The van der Waals surface area contributed by atoms with Gasteiger partial charge in [0.25, 0.3) is 0 Å². The zero-order valence-corrected chi connectivity index (χ0v) is 9.33. The molecule has 3 heteroatoms. The smallest absolute Gasteiger partial charge is 0.0728 e. The molecule has 0 amide bonds. The Morgan fingerprint density at radius 1 is 1.67 bits per heavy atom. The molecular weight excluding hydrogens is 188 g/mol. The van der Waals surface area contributed by atoms with Crippen molar-refractivity contribution in [2.75, 3.05) is 6.61 Å². The summed E-state index contributed by atoms with van der Waals surface area (Å²) in [6.07, 6.45) is 7.98. The van der Waals surface area contributed by atoms with Gasteiger partial charge in [-0.15, -0.1) is 0 Å². The summed E-state index contributed by atoms with van der Waals surface area (Å²) in [4.78, 5) is 3.07. The van der Waals surface area contributed by atoms with Gasteiger partial charge in [-0.05, 0) is 30.9 Å². The second-order valence-corrected chi connectivity index (χ2v) is 4.17. The number of aromatic amines is 1. The van der Waals surface area contributed by atoms with Crippen molar-refractivity contribution in [2.45, 2.75) is 44.9 Å². The zero-order chi connectivity index (χ0) is 10.5. The molecule has 84 valence electrons. The Balaban J connectivity index is 1.80. The van der Waals surface area contributed by atoms with Crippen molar-refractivity contribution in [3.8, 4) is 0 Å². The van der Waals surface area contributed by atoms with Crippen molar-refractivity contribution in [1.29, 1.82) is 0 Å². The number of ether oxygens (including phenoxy) is 1. The van der Waals surface area contributed by atoms with Crippen LogP contribution in [-0.2, 0) is 11.3 Å². The molecule has 1 aliphatic heterocycles. The van der Waals surface area contributed by atoms with E-state index in [9.17, 15) is 0 Å². The Labute approximate surface area is 91.2 Å². The first-order valence-electron chi connectivity index (χ1n) is 5.87. The first-order valence-corrected chi connectivity index (χ1v) is 5.87. The number of H-pyrrole nitrogens is 1. The summed E-state index contributed by atoms with van der Waals surface area (Å²) in [5, 5.41) is 3.57. The highest BCUT2D eigenvalue weighted by Crippen LogP contribution is 2.17. The van der Waals surface area contributed by atoms with Crippen LogP contribution in [0.1, 0.15) is 31.7 Å². The standard InChI is InChI=1S/C12H20N2O/c1-2-11(12-4-3-7-15-12)14-9-10-5-6-13-8-10/h5-6,8,11-14H,2-4,7,9H2,1H3. The number of nitrogens with one attached hydrogen (secondary N) is 2. The fraction of sp³-hybridized carbons (Fsp3) is 0.667. The summed E-state index contributed by atoms with van der Waals surface area (Å²) in [5.74, 6) is 0. The second kappa shape index (κ2) is 5.33. The maximum atomic E-state index is 5.71. The molecule has 2 rings (SSSR count). The Kier molecular flexibility index (Phi) is 3.80. The van der Waals surface area contributed by atoms with E-state index in [1.807, 2.05) is 12.4 Å². The van der Waals surface area contributed by atoms with E-state index in [-0.39, 0.29) is 0 Å². The molecule has 2 atom stereocenters. The van der Waals surface area contributed by atoms with Crippen molar-refractivity contribution in [2.24, 2.45) is 0 Å². The predicted octanol–water partition coefficient (Wildman–Crippen LogP) is 2.06. The summed E-state index contributed by atoms with van der Waals surface area (Å²) in [5.41, 5.74) is 1.31. The fourth-order valence-electron chi connectivity index (χ4n) is 2.18. The highest BCUT2D eigenvalue weighted by Gasteiger charge is 2.23. The van der Waals surface area contributed by atoms with E-state index in [0.717, 1.165) is 19.6 Å². The first kappa shape index (κ1) is 10.7. The highest BCUT2D eigenvalue weighted by atomic mass is 16.5. The van der Waals surface area contributed by atoms with Gasteiger partial charge in [0.05, 0.1) is 6.10 Å². The van der Waals surface area contributed by atoms with Crippen LogP contribution in [0.3, 0.4) is 0 Å². The number of hydrogen-bond donors (Lipinski definition) is 2. The normalized spacial score (nSPS) is 23.1. The summed E-state index contributed by atoms with van der Waals surface area (Å²) >= 11 is 0. The molecule has 0 radical (unpaired) electrons. The van der Waals surface area contributed by atoms with Gasteiger partial charge >= 0.3 is 0 Å². The van der Waals surface area contributed by atoms with E-state index in [1.165, 1.54) is 18.4 Å². The third-order valence-electron chi connectivity index (χ3n) is 3.08. The molecule has 0 bridgehead atoms. The van der Waals surface area contributed by atoms with Crippen molar-refractivity contribution in [3.05, 3.63) is 24.0 Å². The van der Waals surface area contributed by atoms with Gasteiger partial charge in [0, 0.05) is 31.6 Å². The van der Waals surface area contributed by atoms with E-state index < -0.39 is 0 Å². The van der Waals surface area contributed by atoms with Gasteiger partial charge in [0.15, 0.2) is 0 Å². The van der Waals surface area contributed by atoms with Crippen molar-refractivity contribution in [3.63, 3.8) is 0 Å². The summed E-state index contributed by atoms with van der Waals surface area (Å²) in [6.45, 7) is 4.09. The van der Waals surface area contributed by atoms with E-state index in [4.69, 9.17) is 4.74 Å². The third-order valence-corrected chi connectivity index (χ3v) is 3.08. The Hall–Kier alpha value is -0.800. The SMILES string of the molecule is CCC(NCc1cc[nH]c1)C1CCCO1. The maximum Gasteiger partial charge on any atom is 0.0728 e. The Morgan fingerprint density at radius 3 is 3.20 bits per heavy atom. The lowest BCUT2D eigenvalue weighted by Crippen LogP contribution is -2.38. The van der Waals surface area contributed by atoms with Gasteiger partial charge in [-0.2, -0.15) is 0 Å². The van der Waals surface area contributed by atoms with Gasteiger partial charge in [0.1, 0.15) is 0 Å². The Morgan fingerprint density at radius 2 is 2.60 bits per heavy atom. The molecule has 1 saturated heterocycles. The first-order chi connectivity index (χ1) is 7.40.